The third-order valence-electron chi connectivity index (χ3n) is 3.68. The topological polar surface area (TPSA) is 58.6 Å². The van der Waals surface area contributed by atoms with Crippen molar-refractivity contribution in [3.8, 4) is 0 Å². The highest BCUT2D eigenvalue weighted by Crippen LogP contribution is 2.25. The standard InChI is InChI=1S/C14H27NO3/c1-4-18-14(17)11-6-5-7-12(8-11)15-9-13(16)10(2)3/h10-13,15-16H,4-9H2,1-3H3. The lowest BCUT2D eigenvalue weighted by Crippen LogP contribution is -2.41. The van der Waals surface area contributed by atoms with E-state index in [1.807, 2.05) is 20.8 Å². The van der Waals surface area contributed by atoms with Gasteiger partial charge in [-0.2, -0.15) is 0 Å². The van der Waals surface area contributed by atoms with E-state index in [1.165, 1.54) is 0 Å². The monoisotopic (exact) mass is 257 g/mol. The quantitative estimate of drug-likeness (QED) is 0.711. The van der Waals surface area contributed by atoms with Gasteiger partial charge in [-0.15, -0.1) is 0 Å². The molecule has 106 valence electrons. The molecule has 3 atom stereocenters. The Balaban J connectivity index is 2.32. The highest BCUT2D eigenvalue weighted by Gasteiger charge is 2.28. The molecule has 1 rings (SSSR count). The van der Waals surface area contributed by atoms with Gasteiger partial charge in [-0.1, -0.05) is 20.3 Å². The number of carbonyl (C=O) groups excluding carboxylic acids is 1. The molecule has 1 saturated carbocycles. The van der Waals surface area contributed by atoms with Crippen LogP contribution in [0.15, 0.2) is 0 Å². The zero-order valence-corrected chi connectivity index (χ0v) is 11.8. The second-order valence-electron chi connectivity index (χ2n) is 5.53. The van der Waals surface area contributed by atoms with Crippen molar-refractivity contribution in [3.63, 3.8) is 0 Å². The fourth-order valence-electron chi connectivity index (χ4n) is 2.37. The Morgan fingerprint density at radius 3 is 2.78 bits per heavy atom. The second kappa shape index (κ2) is 7.74. The number of nitrogens with one attached hydrogen (secondary N) is 1. The van der Waals surface area contributed by atoms with Crippen molar-refractivity contribution in [1.29, 1.82) is 0 Å². The van der Waals surface area contributed by atoms with Crippen LogP contribution >= 0.6 is 0 Å². The molecule has 4 nitrogen and oxygen atoms in total. The molecule has 1 aliphatic carbocycles. The summed E-state index contributed by atoms with van der Waals surface area (Å²) in [6, 6.07) is 0.335. The molecule has 0 aromatic heterocycles. The molecule has 1 aliphatic rings. The molecule has 18 heavy (non-hydrogen) atoms. The fraction of sp³-hybridized carbons (Fsp3) is 0.929. The number of hydrogen-bond acceptors (Lipinski definition) is 4. The minimum atomic E-state index is -0.312. The van der Waals surface area contributed by atoms with Crippen LogP contribution in [0.1, 0.15) is 46.5 Å². The van der Waals surface area contributed by atoms with Crippen LogP contribution in [0.2, 0.25) is 0 Å². The lowest BCUT2D eigenvalue weighted by Gasteiger charge is -2.29. The minimum Gasteiger partial charge on any atom is -0.466 e. The summed E-state index contributed by atoms with van der Waals surface area (Å²) in [6.07, 6.45) is 3.60. The zero-order valence-electron chi connectivity index (χ0n) is 11.8. The van der Waals surface area contributed by atoms with E-state index in [-0.39, 0.29) is 23.9 Å². The van der Waals surface area contributed by atoms with Gasteiger partial charge in [0.1, 0.15) is 0 Å². The smallest absolute Gasteiger partial charge is 0.308 e. The zero-order chi connectivity index (χ0) is 13.5. The van der Waals surface area contributed by atoms with E-state index in [9.17, 15) is 9.90 Å². The summed E-state index contributed by atoms with van der Waals surface area (Å²) in [7, 11) is 0. The summed E-state index contributed by atoms with van der Waals surface area (Å²) in [5.74, 6) is 0.239. The Kier molecular flexibility index (Phi) is 6.65. The molecule has 0 spiro atoms. The van der Waals surface area contributed by atoms with E-state index in [0.717, 1.165) is 25.7 Å². The van der Waals surface area contributed by atoms with Crippen LogP contribution in [-0.2, 0) is 9.53 Å². The predicted octanol–water partition coefficient (Wildman–Crippen LogP) is 1.71. The fourth-order valence-corrected chi connectivity index (χ4v) is 2.37. The highest BCUT2D eigenvalue weighted by atomic mass is 16.5. The summed E-state index contributed by atoms with van der Waals surface area (Å²) in [5.41, 5.74) is 0. The molecule has 4 heteroatoms. The van der Waals surface area contributed by atoms with Crippen molar-refractivity contribution in [3.05, 3.63) is 0 Å². The first-order valence-corrected chi connectivity index (χ1v) is 7.12. The molecule has 0 bridgehead atoms. The predicted molar refractivity (Wildman–Crippen MR) is 71.2 cm³/mol. The summed E-state index contributed by atoms with van der Waals surface area (Å²) < 4.78 is 5.08. The number of rotatable bonds is 6. The number of hydrogen-bond donors (Lipinski definition) is 2. The van der Waals surface area contributed by atoms with Crippen molar-refractivity contribution in [1.82, 2.24) is 5.32 Å². The molecule has 0 aromatic carbocycles. The van der Waals surface area contributed by atoms with Gasteiger partial charge >= 0.3 is 5.97 Å². The normalized spacial score (nSPS) is 26.1. The average Bonchev–Trinajstić information content (AvgIpc) is 2.36. The van der Waals surface area contributed by atoms with Gasteiger partial charge in [0.25, 0.3) is 0 Å². The van der Waals surface area contributed by atoms with E-state index in [1.54, 1.807) is 0 Å². The van der Waals surface area contributed by atoms with Crippen LogP contribution in [0.5, 0.6) is 0 Å². The molecule has 0 heterocycles. The van der Waals surface area contributed by atoms with Gasteiger partial charge in [0.15, 0.2) is 0 Å². The van der Waals surface area contributed by atoms with Gasteiger partial charge < -0.3 is 15.2 Å². The Labute approximate surface area is 110 Å². The molecule has 0 aliphatic heterocycles. The first-order valence-electron chi connectivity index (χ1n) is 7.12. The van der Waals surface area contributed by atoms with Crippen LogP contribution in [-0.4, -0.2) is 36.4 Å². The van der Waals surface area contributed by atoms with Crippen LogP contribution in [0, 0.1) is 11.8 Å². The van der Waals surface area contributed by atoms with E-state index < -0.39 is 0 Å². The van der Waals surface area contributed by atoms with Gasteiger partial charge in [0, 0.05) is 12.6 Å². The van der Waals surface area contributed by atoms with Gasteiger partial charge in [0.2, 0.25) is 0 Å². The average molecular weight is 257 g/mol. The number of carbonyl (C=O) groups is 1. The molecule has 3 unspecified atom stereocenters. The third-order valence-corrected chi connectivity index (χ3v) is 3.68. The van der Waals surface area contributed by atoms with Crippen LogP contribution in [0.25, 0.3) is 0 Å². The maximum Gasteiger partial charge on any atom is 0.308 e. The molecule has 2 N–H and O–H groups in total. The van der Waals surface area contributed by atoms with E-state index in [2.05, 4.69) is 5.32 Å². The largest absolute Gasteiger partial charge is 0.466 e. The Morgan fingerprint density at radius 1 is 1.44 bits per heavy atom. The summed E-state index contributed by atoms with van der Waals surface area (Å²) >= 11 is 0. The van der Waals surface area contributed by atoms with Crippen molar-refractivity contribution in [2.24, 2.45) is 11.8 Å². The summed E-state index contributed by atoms with van der Waals surface area (Å²) in [6.45, 7) is 6.93. The van der Waals surface area contributed by atoms with Gasteiger partial charge in [-0.05, 0) is 32.1 Å². The maximum atomic E-state index is 11.7. The Hall–Kier alpha value is -0.610. The summed E-state index contributed by atoms with van der Waals surface area (Å²) in [5, 5.41) is 13.1. The number of esters is 1. The van der Waals surface area contributed by atoms with E-state index >= 15 is 0 Å². The van der Waals surface area contributed by atoms with Gasteiger partial charge in [-0.3, -0.25) is 4.79 Å². The molecular weight excluding hydrogens is 230 g/mol. The molecule has 0 saturated heterocycles. The SMILES string of the molecule is CCOC(=O)C1CCCC(NCC(O)C(C)C)C1. The molecule has 0 amide bonds. The van der Waals surface area contributed by atoms with E-state index in [4.69, 9.17) is 4.74 Å². The summed E-state index contributed by atoms with van der Waals surface area (Å²) in [4.78, 5) is 11.7. The lowest BCUT2D eigenvalue weighted by atomic mass is 9.85. The third kappa shape index (κ3) is 4.94. The van der Waals surface area contributed by atoms with Crippen LogP contribution < -0.4 is 5.32 Å². The Bertz CT molecular complexity index is 255. The van der Waals surface area contributed by atoms with E-state index in [0.29, 0.717) is 19.2 Å². The second-order valence-corrected chi connectivity index (χ2v) is 5.53. The molecular formula is C14H27NO3. The van der Waals surface area contributed by atoms with Crippen molar-refractivity contribution >= 4 is 5.97 Å². The Morgan fingerprint density at radius 2 is 2.17 bits per heavy atom. The van der Waals surface area contributed by atoms with Crippen molar-refractivity contribution < 1.29 is 14.6 Å². The number of aliphatic hydroxyl groups excluding tert-OH is 1. The van der Waals surface area contributed by atoms with Gasteiger partial charge in [-0.25, -0.2) is 0 Å². The number of aliphatic hydroxyl groups is 1. The van der Waals surface area contributed by atoms with Crippen LogP contribution in [0.4, 0.5) is 0 Å². The van der Waals surface area contributed by atoms with Crippen molar-refractivity contribution in [2.45, 2.75) is 58.6 Å². The minimum absolute atomic E-state index is 0.0346. The highest BCUT2D eigenvalue weighted by molar-refractivity contribution is 5.72. The molecule has 0 radical (unpaired) electrons. The number of ether oxygens (including phenoxy) is 1. The van der Waals surface area contributed by atoms with Gasteiger partial charge in [0.05, 0.1) is 18.6 Å². The molecule has 1 fully saturated rings. The van der Waals surface area contributed by atoms with Crippen molar-refractivity contribution in [2.75, 3.05) is 13.2 Å². The first-order chi connectivity index (χ1) is 8.54. The van der Waals surface area contributed by atoms with Crippen LogP contribution in [0.3, 0.4) is 0 Å². The maximum absolute atomic E-state index is 11.7. The first kappa shape index (κ1) is 15.4. The molecule has 0 aromatic rings. The lowest BCUT2D eigenvalue weighted by molar-refractivity contribution is -0.149.